The van der Waals surface area contributed by atoms with E-state index in [4.69, 9.17) is 39.5 Å². The molecule has 2 rings (SSSR count). The van der Waals surface area contributed by atoms with E-state index >= 15 is 0 Å². The number of rotatable bonds is 4. The molecule has 0 aliphatic heterocycles. The van der Waals surface area contributed by atoms with Gasteiger partial charge in [-0.3, -0.25) is 4.79 Å². The van der Waals surface area contributed by atoms with Gasteiger partial charge in [0.2, 0.25) is 0 Å². The number of benzene rings is 1. The van der Waals surface area contributed by atoms with Gasteiger partial charge in [-0.25, -0.2) is 14.2 Å². The Morgan fingerprint density at radius 2 is 1.96 bits per heavy atom. The van der Waals surface area contributed by atoms with Crippen LogP contribution in [0.2, 0.25) is 15.2 Å². The van der Waals surface area contributed by atoms with Crippen molar-refractivity contribution in [1.29, 1.82) is 0 Å². The van der Waals surface area contributed by atoms with Crippen LogP contribution < -0.4 is 5.32 Å². The van der Waals surface area contributed by atoms with Crippen molar-refractivity contribution in [3.05, 3.63) is 57.0 Å². The Kier molecular flexibility index (Phi) is 5.76. The molecule has 0 aliphatic rings. The highest BCUT2D eigenvalue weighted by molar-refractivity contribution is 6.41. The highest BCUT2D eigenvalue weighted by Gasteiger charge is 2.14. The van der Waals surface area contributed by atoms with Crippen LogP contribution >= 0.6 is 34.8 Å². The van der Waals surface area contributed by atoms with Crippen LogP contribution in [0.3, 0.4) is 0 Å². The van der Waals surface area contributed by atoms with Crippen LogP contribution in [0.4, 0.5) is 10.1 Å². The molecular weight excluding hydrogens is 370 g/mol. The highest BCUT2D eigenvalue weighted by atomic mass is 35.5. The number of anilines is 1. The zero-order chi connectivity index (χ0) is 17.0. The average Bonchev–Trinajstić information content (AvgIpc) is 2.50. The lowest BCUT2D eigenvalue weighted by Crippen LogP contribution is -2.21. The van der Waals surface area contributed by atoms with Gasteiger partial charge in [-0.05, 0) is 24.3 Å². The summed E-state index contributed by atoms with van der Waals surface area (Å²) < 4.78 is 18.3. The van der Waals surface area contributed by atoms with Gasteiger partial charge in [0.15, 0.2) is 6.61 Å². The zero-order valence-corrected chi connectivity index (χ0v) is 13.5. The molecule has 0 radical (unpaired) electrons. The minimum absolute atomic E-state index is 0.0323. The lowest BCUT2D eigenvalue weighted by atomic mass is 10.3. The number of carbonyl (C=O) groups is 2. The number of esters is 1. The van der Waals surface area contributed by atoms with Gasteiger partial charge in [-0.2, -0.15) is 0 Å². The van der Waals surface area contributed by atoms with E-state index in [-0.39, 0.29) is 26.4 Å². The first-order chi connectivity index (χ1) is 10.9. The van der Waals surface area contributed by atoms with Crippen LogP contribution in [-0.4, -0.2) is 23.5 Å². The van der Waals surface area contributed by atoms with Gasteiger partial charge in [-0.1, -0.05) is 34.8 Å². The molecule has 1 heterocycles. The highest BCUT2D eigenvalue weighted by Crippen LogP contribution is 2.20. The average molecular weight is 378 g/mol. The predicted molar refractivity (Wildman–Crippen MR) is 84.6 cm³/mol. The molecule has 1 N–H and O–H groups in total. The fraction of sp³-hybridized carbons (Fsp3) is 0.0714. The van der Waals surface area contributed by atoms with E-state index < -0.39 is 24.3 Å². The molecule has 0 bridgehead atoms. The normalized spacial score (nSPS) is 10.3. The van der Waals surface area contributed by atoms with Gasteiger partial charge in [0, 0.05) is 11.2 Å². The first-order valence-electron chi connectivity index (χ1n) is 6.10. The monoisotopic (exact) mass is 376 g/mol. The fourth-order valence-electron chi connectivity index (χ4n) is 1.52. The lowest BCUT2D eigenvalue weighted by molar-refractivity contribution is -0.119. The summed E-state index contributed by atoms with van der Waals surface area (Å²) >= 11 is 16.9. The molecule has 1 aromatic carbocycles. The van der Waals surface area contributed by atoms with E-state index in [9.17, 15) is 14.0 Å². The third-order valence-electron chi connectivity index (χ3n) is 2.57. The largest absolute Gasteiger partial charge is 0.452 e. The third kappa shape index (κ3) is 4.79. The van der Waals surface area contributed by atoms with Crippen LogP contribution in [0.1, 0.15) is 10.4 Å². The Hall–Kier alpha value is -1.89. The zero-order valence-electron chi connectivity index (χ0n) is 11.3. The smallest absolute Gasteiger partial charge is 0.340 e. The Morgan fingerprint density at radius 3 is 2.61 bits per heavy atom. The molecule has 0 atom stereocenters. The van der Waals surface area contributed by atoms with E-state index in [2.05, 4.69) is 10.3 Å². The van der Waals surface area contributed by atoms with E-state index in [1.165, 1.54) is 18.2 Å². The number of aromatic nitrogens is 1. The summed E-state index contributed by atoms with van der Waals surface area (Å²) in [5, 5.41) is 2.56. The molecule has 0 fully saturated rings. The number of ether oxygens (including phenoxy) is 1. The van der Waals surface area contributed by atoms with Crippen LogP contribution in [0.25, 0.3) is 0 Å². The number of carbonyl (C=O) groups excluding carboxylic acids is 2. The Labute approximate surface area is 145 Å². The van der Waals surface area contributed by atoms with E-state index in [1.54, 1.807) is 0 Å². The molecule has 9 heteroatoms. The second kappa shape index (κ2) is 7.59. The summed E-state index contributed by atoms with van der Waals surface area (Å²) in [6.07, 6.45) is 1.16. The van der Waals surface area contributed by atoms with Gasteiger partial charge < -0.3 is 10.1 Å². The Bertz CT molecular complexity index is 771. The maximum Gasteiger partial charge on any atom is 0.340 e. The van der Waals surface area contributed by atoms with Crippen molar-refractivity contribution in [2.24, 2.45) is 0 Å². The van der Waals surface area contributed by atoms with Crippen LogP contribution in [0, 0.1) is 5.82 Å². The quantitative estimate of drug-likeness (QED) is 0.646. The SMILES string of the molecule is O=C(COC(=O)c1cnc(Cl)c(Cl)c1)Nc1ccc(Cl)cc1F. The summed E-state index contributed by atoms with van der Waals surface area (Å²) in [6, 6.07) is 5.01. The number of pyridine rings is 1. The summed E-state index contributed by atoms with van der Waals surface area (Å²) in [4.78, 5) is 27.1. The van der Waals surface area contributed by atoms with E-state index in [0.29, 0.717) is 0 Å². The maximum atomic E-state index is 13.5. The van der Waals surface area contributed by atoms with Gasteiger partial charge in [0.1, 0.15) is 11.0 Å². The number of nitrogens with one attached hydrogen (secondary N) is 1. The second-order valence-corrected chi connectivity index (χ2v) is 5.45. The Morgan fingerprint density at radius 1 is 1.22 bits per heavy atom. The third-order valence-corrected chi connectivity index (χ3v) is 3.49. The molecule has 0 aliphatic carbocycles. The number of amides is 1. The van der Waals surface area contributed by atoms with Crippen molar-refractivity contribution in [3.8, 4) is 0 Å². The van der Waals surface area contributed by atoms with Crippen LogP contribution in [0.5, 0.6) is 0 Å². The van der Waals surface area contributed by atoms with Crippen LogP contribution in [0.15, 0.2) is 30.5 Å². The van der Waals surface area contributed by atoms with Gasteiger partial charge in [-0.15, -0.1) is 0 Å². The Balaban J connectivity index is 1.93. The maximum absolute atomic E-state index is 13.5. The molecule has 2 aromatic rings. The fourth-order valence-corrected chi connectivity index (χ4v) is 1.95. The van der Waals surface area contributed by atoms with Gasteiger partial charge >= 0.3 is 5.97 Å². The van der Waals surface area contributed by atoms with Crippen molar-refractivity contribution in [2.45, 2.75) is 0 Å². The molecule has 0 saturated heterocycles. The molecule has 0 unspecified atom stereocenters. The first-order valence-corrected chi connectivity index (χ1v) is 7.23. The molecule has 23 heavy (non-hydrogen) atoms. The molecule has 1 amide bonds. The summed E-state index contributed by atoms with van der Waals surface area (Å²) in [5.74, 6) is -2.23. The number of nitrogens with zero attached hydrogens (tertiary/aromatic N) is 1. The molecule has 0 spiro atoms. The van der Waals surface area contributed by atoms with Gasteiger partial charge in [0.25, 0.3) is 5.91 Å². The topological polar surface area (TPSA) is 68.3 Å². The summed E-state index contributed by atoms with van der Waals surface area (Å²) in [5.41, 5.74) is -0.0449. The van der Waals surface area contributed by atoms with E-state index in [0.717, 1.165) is 12.3 Å². The number of hydrogen-bond acceptors (Lipinski definition) is 4. The molecule has 1 aromatic heterocycles. The minimum atomic E-state index is -0.817. The van der Waals surface area contributed by atoms with Crippen molar-refractivity contribution in [1.82, 2.24) is 4.98 Å². The van der Waals surface area contributed by atoms with Crippen molar-refractivity contribution in [2.75, 3.05) is 11.9 Å². The van der Waals surface area contributed by atoms with Crippen molar-refractivity contribution >= 4 is 52.4 Å². The summed E-state index contributed by atoms with van der Waals surface area (Å²) in [7, 11) is 0. The van der Waals surface area contributed by atoms with Crippen molar-refractivity contribution < 1.29 is 18.7 Å². The number of hydrogen-bond donors (Lipinski definition) is 1. The van der Waals surface area contributed by atoms with Crippen molar-refractivity contribution in [3.63, 3.8) is 0 Å². The molecule has 0 saturated carbocycles. The summed E-state index contributed by atoms with van der Waals surface area (Å²) in [6.45, 7) is -0.610. The van der Waals surface area contributed by atoms with Gasteiger partial charge in [0.05, 0.1) is 16.3 Å². The second-order valence-electron chi connectivity index (χ2n) is 4.25. The first kappa shape index (κ1) is 17.5. The lowest BCUT2D eigenvalue weighted by Gasteiger charge is -2.08. The molecular formula is C14H8Cl3FN2O3. The molecule has 5 nitrogen and oxygen atoms in total. The van der Waals surface area contributed by atoms with E-state index in [1.807, 2.05) is 0 Å². The standard InChI is InChI=1S/C14H8Cl3FN2O3/c15-8-1-2-11(10(18)4-8)20-12(21)6-23-14(22)7-3-9(16)13(17)19-5-7/h1-5H,6H2,(H,20,21). The molecule has 120 valence electrons. The predicted octanol–water partition coefficient (Wildman–Crippen LogP) is 3.98. The number of halogens is 4. The minimum Gasteiger partial charge on any atom is -0.452 e. The van der Waals surface area contributed by atoms with Crippen LogP contribution in [-0.2, 0) is 9.53 Å².